The molecular formula is C21H24N4O. The number of hydrogen-bond donors (Lipinski definition) is 2. The van der Waals surface area contributed by atoms with E-state index in [0.717, 1.165) is 47.3 Å². The number of benzene rings is 1. The van der Waals surface area contributed by atoms with Crippen molar-refractivity contribution in [3.63, 3.8) is 0 Å². The molecule has 3 rings (SSSR count). The second kappa shape index (κ2) is 7.52. The summed E-state index contributed by atoms with van der Waals surface area (Å²) in [6, 6.07) is 6.03. The van der Waals surface area contributed by atoms with Gasteiger partial charge in [0.15, 0.2) is 0 Å². The maximum atomic E-state index is 12.2. The first-order chi connectivity index (χ1) is 12.5. The third-order valence-corrected chi connectivity index (χ3v) is 5.01. The summed E-state index contributed by atoms with van der Waals surface area (Å²) in [5.41, 5.74) is 13.9. The molecule has 0 bridgehead atoms. The predicted molar refractivity (Wildman–Crippen MR) is 106 cm³/mol. The standard InChI is InChI=1S/C21H24N4O/c1-13-14(2)18-6-7-24-21(26)19(18)9-16(13)8-15-4-5-20(25-11-15)17(10-22)12-23-3/h4-5,9-12H,6-8,22H2,1-3H3,(H,24,26)/b17-10+,23-12?. The van der Waals surface area contributed by atoms with Gasteiger partial charge >= 0.3 is 0 Å². The third-order valence-electron chi connectivity index (χ3n) is 5.01. The number of allylic oxidation sites excluding steroid dienone is 1. The van der Waals surface area contributed by atoms with Crippen molar-refractivity contribution in [1.29, 1.82) is 0 Å². The monoisotopic (exact) mass is 348 g/mol. The van der Waals surface area contributed by atoms with Crippen molar-refractivity contribution in [3.05, 3.63) is 69.7 Å². The maximum absolute atomic E-state index is 12.2. The zero-order valence-electron chi connectivity index (χ0n) is 15.5. The Morgan fingerprint density at radius 2 is 2.15 bits per heavy atom. The second-order valence-corrected chi connectivity index (χ2v) is 6.56. The molecule has 1 amide bonds. The number of nitrogens with two attached hydrogens (primary N) is 1. The van der Waals surface area contributed by atoms with Crippen LogP contribution in [-0.4, -0.2) is 30.7 Å². The first-order valence-corrected chi connectivity index (χ1v) is 8.74. The van der Waals surface area contributed by atoms with Crippen LogP contribution in [0.1, 0.15) is 43.9 Å². The number of nitrogens with zero attached hydrogens (tertiary/aromatic N) is 2. The van der Waals surface area contributed by atoms with Crippen LogP contribution in [0, 0.1) is 13.8 Å². The Hall–Kier alpha value is -2.95. The molecular weight excluding hydrogens is 324 g/mol. The smallest absolute Gasteiger partial charge is 0.251 e. The molecule has 26 heavy (non-hydrogen) atoms. The van der Waals surface area contributed by atoms with Gasteiger partial charge in [0.25, 0.3) is 5.91 Å². The molecule has 0 aliphatic carbocycles. The lowest BCUT2D eigenvalue weighted by atomic mass is 9.87. The molecule has 0 radical (unpaired) electrons. The first kappa shape index (κ1) is 17.9. The van der Waals surface area contributed by atoms with Crippen LogP contribution in [0.25, 0.3) is 5.57 Å². The van der Waals surface area contributed by atoms with Crippen LogP contribution in [-0.2, 0) is 12.8 Å². The fourth-order valence-electron chi connectivity index (χ4n) is 3.40. The minimum atomic E-state index is 0.0284. The number of hydrogen-bond acceptors (Lipinski definition) is 4. The minimum Gasteiger partial charge on any atom is -0.404 e. The van der Waals surface area contributed by atoms with Crippen LogP contribution < -0.4 is 11.1 Å². The van der Waals surface area contributed by atoms with Crippen LogP contribution in [0.2, 0.25) is 0 Å². The van der Waals surface area contributed by atoms with E-state index in [-0.39, 0.29) is 5.91 Å². The van der Waals surface area contributed by atoms with E-state index in [1.807, 2.05) is 24.4 Å². The number of amides is 1. The molecule has 0 saturated carbocycles. The molecule has 0 spiro atoms. The van der Waals surface area contributed by atoms with Gasteiger partial charge in [0.1, 0.15) is 0 Å². The normalized spacial score (nSPS) is 14.4. The average molecular weight is 348 g/mol. The number of carbonyl (C=O) groups is 1. The molecule has 3 N–H and O–H groups in total. The van der Waals surface area contributed by atoms with E-state index in [0.29, 0.717) is 0 Å². The zero-order chi connectivity index (χ0) is 18.7. The molecule has 0 atom stereocenters. The van der Waals surface area contributed by atoms with Gasteiger partial charge in [0.2, 0.25) is 0 Å². The Morgan fingerprint density at radius 1 is 1.35 bits per heavy atom. The van der Waals surface area contributed by atoms with Crippen molar-refractivity contribution in [2.24, 2.45) is 10.7 Å². The summed E-state index contributed by atoms with van der Waals surface area (Å²) in [6.45, 7) is 4.96. The third kappa shape index (κ3) is 3.38. The quantitative estimate of drug-likeness (QED) is 0.834. The molecule has 5 heteroatoms. The van der Waals surface area contributed by atoms with Crippen LogP contribution in [0.4, 0.5) is 0 Å². The molecule has 1 aliphatic rings. The fourth-order valence-corrected chi connectivity index (χ4v) is 3.40. The molecule has 2 heterocycles. The summed E-state index contributed by atoms with van der Waals surface area (Å²) in [5, 5.41) is 2.93. The molecule has 134 valence electrons. The molecule has 0 saturated heterocycles. The SMILES string of the molecule is CN=C/C(=C\N)c1ccc(Cc2cc3c(c(C)c2C)CCNC3=O)cn1. The number of aromatic nitrogens is 1. The van der Waals surface area contributed by atoms with Crippen molar-refractivity contribution in [2.45, 2.75) is 26.7 Å². The van der Waals surface area contributed by atoms with Crippen molar-refractivity contribution in [2.75, 3.05) is 13.6 Å². The number of fused-ring (bicyclic) bond motifs is 1. The van der Waals surface area contributed by atoms with Gasteiger partial charge in [-0.25, -0.2) is 0 Å². The van der Waals surface area contributed by atoms with Crippen molar-refractivity contribution in [1.82, 2.24) is 10.3 Å². The number of rotatable bonds is 4. The summed E-state index contributed by atoms with van der Waals surface area (Å²) < 4.78 is 0. The van der Waals surface area contributed by atoms with Crippen LogP contribution in [0.15, 0.2) is 35.6 Å². The largest absolute Gasteiger partial charge is 0.404 e. The van der Waals surface area contributed by atoms with Gasteiger partial charge in [-0.2, -0.15) is 0 Å². The lowest BCUT2D eigenvalue weighted by molar-refractivity contribution is 0.0945. The highest BCUT2D eigenvalue weighted by Crippen LogP contribution is 2.26. The van der Waals surface area contributed by atoms with Crippen molar-refractivity contribution in [3.8, 4) is 0 Å². The fraction of sp³-hybridized carbons (Fsp3) is 0.286. The van der Waals surface area contributed by atoms with E-state index in [1.54, 1.807) is 13.3 Å². The van der Waals surface area contributed by atoms with E-state index in [9.17, 15) is 4.79 Å². The summed E-state index contributed by atoms with van der Waals surface area (Å²) in [4.78, 5) is 20.7. The summed E-state index contributed by atoms with van der Waals surface area (Å²) in [7, 11) is 1.70. The molecule has 1 aliphatic heterocycles. The Kier molecular flexibility index (Phi) is 5.16. The zero-order valence-corrected chi connectivity index (χ0v) is 15.5. The lowest BCUT2D eigenvalue weighted by Gasteiger charge is -2.22. The van der Waals surface area contributed by atoms with Gasteiger partial charge in [-0.05, 0) is 66.6 Å². The van der Waals surface area contributed by atoms with Gasteiger partial charge in [-0.15, -0.1) is 0 Å². The highest BCUT2D eigenvalue weighted by atomic mass is 16.1. The Labute approximate surface area is 154 Å². The van der Waals surface area contributed by atoms with E-state index >= 15 is 0 Å². The molecule has 5 nitrogen and oxygen atoms in total. The van der Waals surface area contributed by atoms with Gasteiger partial charge in [0.05, 0.1) is 5.69 Å². The van der Waals surface area contributed by atoms with E-state index in [1.165, 1.54) is 22.9 Å². The topological polar surface area (TPSA) is 80.4 Å². The second-order valence-electron chi connectivity index (χ2n) is 6.56. The van der Waals surface area contributed by atoms with E-state index < -0.39 is 0 Å². The Bertz CT molecular complexity index is 895. The number of aliphatic imine (C=N–C) groups is 1. The van der Waals surface area contributed by atoms with Crippen LogP contribution >= 0.6 is 0 Å². The minimum absolute atomic E-state index is 0.0284. The highest BCUT2D eigenvalue weighted by Gasteiger charge is 2.21. The van der Waals surface area contributed by atoms with Gasteiger partial charge < -0.3 is 11.1 Å². The Morgan fingerprint density at radius 3 is 2.81 bits per heavy atom. The van der Waals surface area contributed by atoms with E-state index in [2.05, 4.69) is 29.1 Å². The molecule has 1 aromatic heterocycles. The summed E-state index contributed by atoms with van der Waals surface area (Å²) >= 11 is 0. The van der Waals surface area contributed by atoms with Crippen molar-refractivity contribution < 1.29 is 4.79 Å². The average Bonchev–Trinajstić information content (AvgIpc) is 2.65. The molecule has 0 unspecified atom stereocenters. The Balaban J connectivity index is 1.91. The molecule has 0 fully saturated rings. The van der Waals surface area contributed by atoms with E-state index in [4.69, 9.17) is 5.73 Å². The number of nitrogens with one attached hydrogen (secondary N) is 1. The number of carbonyl (C=O) groups excluding carboxylic acids is 1. The lowest BCUT2D eigenvalue weighted by Crippen LogP contribution is -2.32. The molecule has 2 aromatic rings. The van der Waals surface area contributed by atoms with Gasteiger partial charge in [-0.3, -0.25) is 14.8 Å². The van der Waals surface area contributed by atoms with Gasteiger partial charge in [-0.1, -0.05) is 6.07 Å². The predicted octanol–water partition coefficient (Wildman–Crippen LogP) is 2.58. The summed E-state index contributed by atoms with van der Waals surface area (Å²) in [6.07, 6.45) is 6.69. The van der Waals surface area contributed by atoms with Crippen LogP contribution in [0.5, 0.6) is 0 Å². The molecule has 1 aromatic carbocycles. The summed E-state index contributed by atoms with van der Waals surface area (Å²) in [5.74, 6) is 0.0284. The number of pyridine rings is 1. The van der Waals surface area contributed by atoms with Crippen LogP contribution in [0.3, 0.4) is 0 Å². The van der Waals surface area contributed by atoms with Gasteiger partial charge in [0, 0.05) is 43.3 Å². The van der Waals surface area contributed by atoms with Crippen molar-refractivity contribution >= 4 is 17.7 Å². The first-order valence-electron chi connectivity index (χ1n) is 8.74. The highest BCUT2D eigenvalue weighted by molar-refractivity contribution is 6.08. The maximum Gasteiger partial charge on any atom is 0.251 e.